The molecule has 2 aromatic rings. The molecule has 0 unspecified atom stereocenters. The quantitative estimate of drug-likeness (QED) is 0.656. The highest BCUT2D eigenvalue weighted by Gasteiger charge is 2.16. The predicted octanol–water partition coefficient (Wildman–Crippen LogP) is 3.63. The van der Waals surface area contributed by atoms with E-state index in [9.17, 15) is 14.9 Å². The Balaban J connectivity index is 2.24. The van der Waals surface area contributed by atoms with Gasteiger partial charge in [0.1, 0.15) is 17.9 Å². The first-order valence-electron chi connectivity index (χ1n) is 5.86. The van der Waals surface area contributed by atoms with Crippen LogP contribution in [-0.4, -0.2) is 16.0 Å². The third-order valence-electron chi connectivity index (χ3n) is 2.71. The van der Waals surface area contributed by atoms with Crippen molar-refractivity contribution in [2.45, 2.75) is 6.61 Å². The summed E-state index contributed by atoms with van der Waals surface area (Å²) < 4.78 is 6.32. The molecule has 2 rings (SSSR count). The van der Waals surface area contributed by atoms with E-state index in [0.717, 1.165) is 28.2 Å². The van der Waals surface area contributed by atoms with Gasteiger partial charge in [-0.1, -0.05) is 28.1 Å². The highest BCUT2D eigenvalue weighted by molar-refractivity contribution is 9.10. The van der Waals surface area contributed by atoms with Crippen molar-refractivity contribution in [3.05, 3.63) is 68.2 Å². The summed E-state index contributed by atoms with van der Waals surface area (Å²) in [4.78, 5) is 21.2. The van der Waals surface area contributed by atoms with Gasteiger partial charge >= 0.3 is 5.97 Å². The second-order valence-electron chi connectivity index (χ2n) is 4.16. The number of benzene rings is 2. The van der Waals surface area contributed by atoms with Crippen molar-refractivity contribution in [2.75, 3.05) is 0 Å². The molecule has 6 nitrogen and oxygen atoms in total. The first-order valence-corrected chi connectivity index (χ1v) is 6.65. The molecule has 0 saturated heterocycles. The molecule has 0 spiro atoms. The van der Waals surface area contributed by atoms with Crippen LogP contribution in [0.2, 0.25) is 0 Å². The average Bonchev–Trinajstić information content (AvgIpc) is 2.46. The van der Waals surface area contributed by atoms with Crippen molar-refractivity contribution >= 4 is 27.6 Å². The molecule has 1 N–H and O–H groups in total. The van der Waals surface area contributed by atoms with Crippen LogP contribution in [0.5, 0.6) is 5.75 Å². The predicted molar refractivity (Wildman–Crippen MR) is 78.5 cm³/mol. The molecule has 21 heavy (non-hydrogen) atoms. The van der Waals surface area contributed by atoms with Crippen LogP contribution in [0.3, 0.4) is 0 Å². The molecule has 0 bridgehead atoms. The largest absolute Gasteiger partial charge is 0.488 e. The topological polar surface area (TPSA) is 89.7 Å². The minimum atomic E-state index is -1.20. The molecule has 0 atom stereocenters. The Hall–Kier alpha value is -2.41. The van der Waals surface area contributed by atoms with Gasteiger partial charge in [-0.2, -0.15) is 0 Å². The number of carbonyl (C=O) groups is 1. The smallest absolute Gasteiger partial charge is 0.339 e. The summed E-state index contributed by atoms with van der Waals surface area (Å²) in [6.07, 6.45) is 0. The number of nitrogens with zero attached hydrogens (tertiary/aromatic N) is 1. The van der Waals surface area contributed by atoms with E-state index < -0.39 is 10.9 Å². The van der Waals surface area contributed by atoms with Crippen LogP contribution in [0.15, 0.2) is 46.9 Å². The molecule has 0 saturated carbocycles. The number of hydrogen-bond acceptors (Lipinski definition) is 4. The van der Waals surface area contributed by atoms with Crippen LogP contribution in [0.1, 0.15) is 15.9 Å². The molecule has 0 fully saturated rings. The number of halogens is 1. The SMILES string of the molecule is O=C(O)c1ccc([N+](=O)[O-])cc1OCc1ccc(Br)cc1. The molecular formula is C14H10BrNO5. The first kappa shape index (κ1) is 15.0. The van der Waals surface area contributed by atoms with E-state index in [4.69, 9.17) is 9.84 Å². The molecule has 0 aromatic heterocycles. The van der Waals surface area contributed by atoms with Crippen molar-refractivity contribution in [3.63, 3.8) is 0 Å². The minimum absolute atomic E-state index is 0.0281. The van der Waals surface area contributed by atoms with Gasteiger partial charge in [0, 0.05) is 10.5 Å². The van der Waals surface area contributed by atoms with Gasteiger partial charge in [-0.05, 0) is 23.8 Å². The van der Waals surface area contributed by atoms with Crippen LogP contribution in [0.25, 0.3) is 0 Å². The number of non-ortho nitro benzene ring substituents is 1. The van der Waals surface area contributed by atoms with Crippen molar-refractivity contribution in [2.24, 2.45) is 0 Å². The molecule has 0 amide bonds. The van der Waals surface area contributed by atoms with Crippen molar-refractivity contribution in [1.29, 1.82) is 0 Å². The zero-order valence-corrected chi connectivity index (χ0v) is 12.2. The Labute approximate surface area is 128 Å². The fourth-order valence-electron chi connectivity index (χ4n) is 1.66. The maximum absolute atomic E-state index is 11.1. The molecule has 0 aliphatic heterocycles. The molecule has 108 valence electrons. The number of aromatic carboxylic acids is 1. The highest BCUT2D eigenvalue weighted by Crippen LogP contribution is 2.26. The van der Waals surface area contributed by atoms with Gasteiger partial charge in [0.15, 0.2) is 0 Å². The van der Waals surface area contributed by atoms with Crippen molar-refractivity contribution < 1.29 is 19.6 Å². The van der Waals surface area contributed by atoms with Crippen LogP contribution in [-0.2, 0) is 6.61 Å². The number of rotatable bonds is 5. The van der Waals surface area contributed by atoms with Crippen LogP contribution >= 0.6 is 15.9 Å². The summed E-state index contributed by atoms with van der Waals surface area (Å²) in [5, 5.41) is 19.8. The highest BCUT2D eigenvalue weighted by atomic mass is 79.9. The van der Waals surface area contributed by atoms with Crippen molar-refractivity contribution in [3.8, 4) is 5.75 Å². The average molecular weight is 352 g/mol. The monoisotopic (exact) mass is 351 g/mol. The zero-order valence-electron chi connectivity index (χ0n) is 10.7. The number of hydrogen-bond donors (Lipinski definition) is 1. The molecule has 0 aliphatic rings. The zero-order chi connectivity index (χ0) is 15.4. The Morgan fingerprint density at radius 2 is 1.90 bits per heavy atom. The van der Waals surface area contributed by atoms with Gasteiger partial charge in [0.25, 0.3) is 5.69 Å². The maximum atomic E-state index is 11.1. The maximum Gasteiger partial charge on any atom is 0.339 e. The minimum Gasteiger partial charge on any atom is -0.488 e. The third kappa shape index (κ3) is 3.79. The number of nitro benzene ring substituents is 1. The van der Waals surface area contributed by atoms with Gasteiger partial charge < -0.3 is 9.84 Å². The molecule has 0 radical (unpaired) electrons. The number of ether oxygens (including phenoxy) is 1. The van der Waals surface area contributed by atoms with Crippen LogP contribution in [0, 0.1) is 10.1 Å². The van der Waals surface area contributed by atoms with Crippen LogP contribution < -0.4 is 4.74 Å². The van der Waals surface area contributed by atoms with Gasteiger partial charge in [0.2, 0.25) is 0 Å². The molecule has 0 heterocycles. The fourth-order valence-corrected chi connectivity index (χ4v) is 1.93. The van der Waals surface area contributed by atoms with Crippen LogP contribution in [0.4, 0.5) is 5.69 Å². The molecule has 7 heteroatoms. The van der Waals surface area contributed by atoms with E-state index in [1.165, 1.54) is 0 Å². The summed E-state index contributed by atoms with van der Waals surface area (Å²) in [5.74, 6) is -1.23. The number of nitro groups is 1. The summed E-state index contributed by atoms with van der Waals surface area (Å²) in [6.45, 7) is 0.120. The molecule has 2 aromatic carbocycles. The summed E-state index contributed by atoms with van der Waals surface area (Å²) >= 11 is 3.30. The number of carboxylic acids is 1. The van der Waals surface area contributed by atoms with E-state index >= 15 is 0 Å². The lowest BCUT2D eigenvalue weighted by molar-refractivity contribution is -0.384. The summed E-state index contributed by atoms with van der Waals surface area (Å²) in [7, 11) is 0. The van der Waals surface area contributed by atoms with E-state index in [1.807, 2.05) is 24.3 Å². The fraction of sp³-hybridized carbons (Fsp3) is 0.0714. The molecular weight excluding hydrogens is 342 g/mol. The normalized spacial score (nSPS) is 10.1. The second-order valence-corrected chi connectivity index (χ2v) is 5.07. The van der Waals surface area contributed by atoms with E-state index in [-0.39, 0.29) is 23.6 Å². The Morgan fingerprint density at radius 1 is 1.24 bits per heavy atom. The van der Waals surface area contributed by atoms with Gasteiger partial charge in [-0.25, -0.2) is 4.79 Å². The van der Waals surface area contributed by atoms with E-state index in [0.29, 0.717) is 0 Å². The van der Waals surface area contributed by atoms with Gasteiger partial charge in [-0.3, -0.25) is 10.1 Å². The standard InChI is InChI=1S/C14H10BrNO5/c15-10-3-1-9(2-4-10)8-21-13-7-11(16(19)20)5-6-12(13)14(17)18/h1-7H,8H2,(H,17,18). The lowest BCUT2D eigenvalue weighted by Crippen LogP contribution is -2.04. The van der Waals surface area contributed by atoms with E-state index in [1.54, 1.807) is 0 Å². The Bertz CT molecular complexity index is 684. The molecule has 0 aliphatic carbocycles. The lowest BCUT2D eigenvalue weighted by Gasteiger charge is -2.09. The van der Waals surface area contributed by atoms with E-state index in [2.05, 4.69) is 15.9 Å². The Morgan fingerprint density at radius 3 is 2.48 bits per heavy atom. The number of carboxylic acid groups (broad SMARTS) is 1. The summed E-state index contributed by atoms with van der Waals surface area (Å²) in [6, 6.07) is 10.7. The van der Waals surface area contributed by atoms with Gasteiger partial charge in [0.05, 0.1) is 11.0 Å². The summed E-state index contributed by atoms with van der Waals surface area (Å²) in [5.41, 5.74) is 0.490. The van der Waals surface area contributed by atoms with Gasteiger partial charge in [-0.15, -0.1) is 0 Å². The third-order valence-corrected chi connectivity index (χ3v) is 3.24. The Kier molecular flexibility index (Phi) is 4.54. The lowest BCUT2D eigenvalue weighted by atomic mass is 10.2. The first-order chi connectivity index (χ1) is 9.97. The van der Waals surface area contributed by atoms with Crippen molar-refractivity contribution in [1.82, 2.24) is 0 Å². The second kappa shape index (κ2) is 6.36.